The number of fused-ring (bicyclic) bond motifs is 1. The Labute approximate surface area is 167 Å². The summed E-state index contributed by atoms with van der Waals surface area (Å²) >= 11 is 0. The van der Waals surface area contributed by atoms with Crippen LogP contribution in [0.5, 0.6) is 0 Å². The van der Waals surface area contributed by atoms with Gasteiger partial charge in [0.25, 0.3) is 5.91 Å². The summed E-state index contributed by atoms with van der Waals surface area (Å²) in [6, 6.07) is 9.03. The SMILES string of the molecule is CCn1cc(C(=O)N2CCN(C(C)C)CC2)nc1C1CC=Cc2ccccc21. The lowest BCUT2D eigenvalue weighted by Crippen LogP contribution is -2.50. The molecule has 0 saturated carbocycles. The van der Waals surface area contributed by atoms with Gasteiger partial charge in [0.2, 0.25) is 0 Å². The van der Waals surface area contributed by atoms with Gasteiger partial charge in [-0.25, -0.2) is 4.98 Å². The molecule has 28 heavy (non-hydrogen) atoms. The van der Waals surface area contributed by atoms with E-state index in [1.54, 1.807) is 0 Å². The number of carbonyl (C=O) groups is 1. The number of amides is 1. The largest absolute Gasteiger partial charge is 0.335 e. The molecule has 1 atom stereocenters. The summed E-state index contributed by atoms with van der Waals surface area (Å²) in [6.07, 6.45) is 7.28. The average Bonchev–Trinajstić information content (AvgIpc) is 3.17. The number of rotatable bonds is 4. The van der Waals surface area contributed by atoms with Crippen LogP contribution in [-0.4, -0.2) is 57.5 Å². The summed E-state index contributed by atoms with van der Waals surface area (Å²) in [5.74, 6) is 1.28. The zero-order valence-electron chi connectivity index (χ0n) is 17.1. The summed E-state index contributed by atoms with van der Waals surface area (Å²) in [5, 5.41) is 0. The van der Waals surface area contributed by atoms with E-state index < -0.39 is 0 Å². The van der Waals surface area contributed by atoms with Gasteiger partial charge in [0, 0.05) is 50.9 Å². The van der Waals surface area contributed by atoms with Crippen LogP contribution < -0.4 is 0 Å². The fraction of sp³-hybridized carbons (Fsp3) is 0.478. The third-order valence-electron chi connectivity index (χ3n) is 6.05. The third kappa shape index (κ3) is 3.51. The number of nitrogens with zero attached hydrogens (tertiary/aromatic N) is 4. The van der Waals surface area contributed by atoms with E-state index in [9.17, 15) is 4.79 Å². The van der Waals surface area contributed by atoms with Crippen molar-refractivity contribution in [2.45, 2.75) is 45.7 Å². The molecule has 4 rings (SSSR count). The van der Waals surface area contributed by atoms with Crippen molar-refractivity contribution in [2.24, 2.45) is 0 Å². The predicted octanol–water partition coefficient (Wildman–Crippen LogP) is 3.62. The molecule has 148 valence electrons. The summed E-state index contributed by atoms with van der Waals surface area (Å²) in [5.41, 5.74) is 3.14. The van der Waals surface area contributed by atoms with Gasteiger partial charge in [0.05, 0.1) is 0 Å². The standard InChI is InChI=1S/C23H30N4O/c1-4-25-16-21(23(28)27-14-12-26(13-15-27)17(2)3)24-22(25)20-11-7-9-18-8-5-6-10-19(18)20/h5-10,16-17,20H,4,11-15H2,1-3H3. The van der Waals surface area contributed by atoms with Crippen molar-refractivity contribution in [1.82, 2.24) is 19.4 Å². The normalized spacial score (nSPS) is 19.9. The number of carbonyl (C=O) groups excluding carboxylic acids is 1. The molecule has 2 heterocycles. The Kier molecular flexibility index (Phi) is 5.36. The molecule has 1 fully saturated rings. The Morgan fingerprint density at radius 2 is 1.93 bits per heavy atom. The maximum Gasteiger partial charge on any atom is 0.274 e. The molecular weight excluding hydrogens is 348 g/mol. The van der Waals surface area contributed by atoms with Gasteiger partial charge in [-0.05, 0) is 38.3 Å². The van der Waals surface area contributed by atoms with E-state index in [-0.39, 0.29) is 11.8 Å². The predicted molar refractivity (Wildman–Crippen MR) is 112 cm³/mol. The summed E-state index contributed by atoms with van der Waals surface area (Å²) in [4.78, 5) is 22.3. The number of imidazole rings is 1. The minimum atomic E-state index is 0.0662. The number of allylic oxidation sites excluding steroid dienone is 1. The Bertz CT molecular complexity index is 874. The maximum absolute atomic E-state index is 13.1. The van der Waals surface area contributed by atoms with Gasteiger partial charge in [0.15, 0.2) is 0 Å². The van der Waals surface area contributed by atoms with Gasteiger partial charge in [-0.15, -0.1) is 0 Å². The molecule has 1 aromatic carbocycles. The fourth-order valence-corrected chi connectivity index (χ4v) is 4.35. The molecule has 1 aromatic heterocycles. The van der Waals surface area contributed by atoms with Gasteiger partial charge in [-0.3, -0.25) is 9.69 Å². The molecule has 5 nitrogen and oxygen atoms in total. The van der Waals surface area contributed by atoms with Crippen LogP contribution in [0.4, 0.5) is 0 Å². The van der Waals surface area contributed by atoms with Crippen LogP contribution >= 0.6 is 0 Å². The molecule has 1 aliphatic heterocycles. The first kappa shape index (κ1) is 18.9. The summed E-state index contributed by atoms with van der Waals surface area (Å²) in [7, 11) is 0. The number of aromatic nitrogens is 2. The molecular formula is C23H30N4O. The van der Waals surface area contributed by atoms with E-state index in [1.807, 2.05) is 11.1 Å². The second-order valence-corrected chi connectivity index (χ2v) is 8.01. The van der Waals surface area contributed by atoms with Crippen molar-refractivity contribution in [1.29, 1.82) is 0 Å². The lowest BCUT2D eigenvalue weighted by molar-refractivity contribution is 0.0590. The monoisotopic (exact) mass is 378 g/mol. The quantitative estimate of drug-likeness (QED) is 0.816. The summed E-state index contributed by atoms with van der Waals surface area (Å²) in [6.45, 7) is 10.8. The topological polar surface area (TPSA) is 41.4 Å². The highest BCUT2D eigenvalue weighted by molar-refractivity contribution is 5.92. The fourth-order valence-electron chi connectivity index (χ4n) is 4.35. The molecule has 0 N–H and O–H groups in total. The Morgan fingerprint density at radius 3 is 2.64 bits per heavy atom. The molecule has 5 heteroatoms. The zero-order valence-corrected chi connectivity index (χ0v) is 17.1. The Balaban J connectivity index is 1.57. The molecule has 0 radical (unpaired) electrons. The highest BCUT2D eigenvalue weighted by atomic mass is 16.2. The van der Waals surface area contributed by atoms with E-state index in [2.05, 4.69) is 66.7 Å². The lowest BCUT2D eigenvalue weighted by atomic mass is 9.86. The highest BCUT2D eigenvalue weighted by Crippen LogP contribution is 2.34. The van der Waals surface area contributed by atoms with Crippen molar-refractivity contribution < 1.29 is 4.79 Å². The van der Waals surface area contributed by atoms with Gasteiger partial charge in [-0.1, -0.05) is 36.4 Å². The first-order chi connectivity index (χ1) is 13.6. The van der Waals surface area contributed by atoms with Crippen molar-refractivity contribution in [3.63, 3.8) is 0 Å². The van der Waals surface area contributed by atoms with Crippen molar-refractivity contribution >= 4 is 12.0 Å². The molecule has 0 bridgehead atoms. The smallest absolute Gasteiger partial charge is 0.274 e. The second kappa shape index (κ2) is 7.92. The first-order valence-electron chi connectivity index (χ1n) is 10.4. The van der Waals surface area contributed by atoms with Crippen molar-refractivity contribution in [2.75, 3.05) is 26.2 Å². The Morgan fingerprint density at radius 1 is 1.18 bits per heavy atom. The van der Waals surface area contributed by atoms with Gasteiger partial charge < -0.3 is 9.47 Å². The maximum atomic E-state index is 13.1. The van der Waals surface area contributed by atoms with Crippen LogP contribution in [0, 0.1) is 0 Å². The first-order valence-corrected chi connectivity index (χ1v) is 10.4. The third-order valence-corrected chi connectivity index (χ3v) is 6.05. The minimum absolute atomic E-state index is 0.0662. The van der Waals surface area contributed by atoms with Crippen LogP contribution in [0.3, 0.4) is 0 Å². The van der Waals surface area contributed by atoms with E-state index in [0.29, 0.717) is 11.7 Å². The van der Waals surface area contributed by atoms with Gasteiger partial charge >= 0.3 is 0 Å². The van der Waals surface area contributed by atoms with E-state index in [0.717, 1.165) is 45.0 Å². The molecule has 1 amide bonds. The van der Waals surface area contributed by atoms with E-state index >= 15 is 0 Å². The number of benzene rings is 1. The number of piperazine rings is 1. The zero-order chi connectivity index (χ0) is 19.7. The average molecular weight is 379 g/mol. The lowest BCUT2D eigenvalue weighted by Gasteiger charge is -2.36. The molecule has 2 aromatic rings. The number of hydrogen-bond donors (Lipinski definition) is 0. The van der Waals surface area contributed by atoms with Crippen LogP contribution in [0.15, 0.2) is 36.5 Å². The van der Waals surface area contributed by atoms with Crippen LogP contribution in [0.25, 0.3) is 6.08 Å². The molecule has 1 saturated heterocycles. The second-order valence-electron chi connectivity index (χ2n) is 8.01. The van der Waals surface area contributed by atoms with E-state index in [4.69, 9.17) is 4.98 Å². The number of aryl methyl sites for hydroxylation is 1. The molecule has 0 spiro atoms. The van der Waals surface area contributed by atoms with Crippen LogP contribution in [-0.2, 0) is 6.54 Å². The summed E-state index contributed by atoms with van der Waals surface area (Å²) < 4.78 is 2.15. The van der Waals surface area contributed by atoms with Gasteiger partial charge in [0.1, 0.15) is 11.5 Å². The highest BCUT2D eigenvalue weighted by Gasteiger charge is 2.28. The Hall–Kier alpha value is -2.40. The van der Waals surface area contributed by atoms with Gasteiger partial charge in [-0.2, -0.15) is 0 Å². The minimum Gasteiger partial charge on any atom is -0.335 e. The molecule has 2 aliphatic rings. The van der Waals surface area contributed by atoms with Crippen LogP contribution in [0.2, 0.25) is 0 Å². The van der Waals surface area contributed by atoms with E-state index in [1.165, 1.54) is 11.1 Å². The van der Waals surface area contributed by atoms with Crippen LogP contribution in [0.1, 0.15) is 60.5 Å². The van der Waals surface area contributed by atoms with Crippen molar-refractivity contribution in [3.05, 3.63) is 59.2 Å². The molecule has 1 aliphatic carbocycles. The van der Waals surface area contributed by atoms with Crippen molar-refractivity contribution in [3.8, 4) is 0 Å². The molecule has 1 unspecified atom stereocenters. The number of hydrogen-bond acceptors (Lipinski definition) is 3.